The zero-order valence-electron chi connectivity index (χ0n) is 9.86. The Morgan fingerprint density at radius 3 is 2.56 bits per heavy atom. The molecule has 0 saturated heterocycles. The minimum atomic E-state index is 0.353. The second-order valence-electron chi connectivity index (χ2n) is 4.75. The van der Waals surface area contributed by atoms with Crippen LogP contribution in [0.4, 0.5) is 0 Å². The molecule has 0 bridgehead atoms. The summed E-state index contributed by atoms with van der Waals surface area (Å²) < 4.78 is 0. The van der Waals surface area contributed by atoms with Crippen molar-refractivity contribution in [2.45, 2.75) is 37.9 Å². The molecule has 1 aliphatic rings. The predicted molar refractivity (Wildman–Crippen MR) is 68.6 cm³/mol. The molecule has 0 amide bonds. The average Bonchev–Trinajstić information content (AvgIpc) is 2.24. The van der Waals surface area contributed by atoms with Crippen LogP contribution in [0.5, 0.6) is 0 Å². The second kappa shape index (κ2) is 4.74. The Morgan fingerprint density at radius 2 is 2.00 bits per heavy atom. The fourth-order valence-electron chi connectivity index (χ4n) is 2.31. The largest absolute Gasteiger partial charge is 0.328 e. The zero-order valence-corrected chi connectivity index (χ0v) is 10.6. The number of nitrogens with two attached hydrogens (primary N) is 1. The zero-order chi connectivity index (χ0) is 11.7. The van der Waals surface area contributed by atoms with Gasteiger partial charge in [-0.05, 0) is 38.4 Å². The molecule has 2 nitrogen and oxygen atoms in total. The molecule has 0 aliphatic heterocycles. The Bertz CT molecular complexity index is 361. The van der Waals surface area contributed by atoms with Crippen LogP contribution in [0, 0.1) is 0 Å². The van der Waals surface area contributed by atoms with Crippen molar-refractivity contribution in [2.75, 3.05) is 7.05 Å². The monoisotopic (exact) mass is 238 g/mol. The van der Waals surface area contributed by atoms with E-state index in [1.807, 2.05) is 18.2 Å². The highest BCUT2D eigenvalue weighted by Crippen LogP contribution is 2.32. The number of hydrogen-bond donors (Lipinski definition) is 1. The highest BCUT2D eigenvalue weighted by molar-refractivity contribution is 6.31. The van der Waals surface area contributed by atoms with E-state index < -0.39 is 0 Å². The standard InChI is InChI=1S/C13H19ClN2/c1-9(12-5-3-4-6-13(12)14)16(2)11-7-10(15)8-11/h3-6,9-11H,7-8,15H2,1-2H3. The molecule has 1 aromatic rings. The summed E-state index contributed by atoms with van der Waals surface area (Å²) in [6, 6.07) is 9.42. The molecule has 2 rings (SSSR count). The Hall–Kier alpha value is -0.570. The van der Waals surface area contributed by atoms with E-state index in [2.05, 4.69) is 24.9 Å². The van der Waals surface area contributed by atoms with Gasteiger partial charge >= 0.3 is 0 Å². The molecule has 0 spiro atoms. The third-order valence-electron chi connectivity index (χ3n) is 3.69. The van der Waals surface area contributed by atoms with Gasteiger partial charge in [-0.3, -0.25) is 4.90 Å². The third-order valence-corrected chi connectivity index (χ3v) is 4.04. The van der Waals surface area contributed by atoms with E-state index in [4.69, 9.17) is 17.3 Å². The lowest BCUT2D eigenvalue weighted by molar-refractivity contribution is 0.102. The Kier molecular flexibility index (Phi) is 3.53. The summed E-state index contributed by atoms with van der Waals surface area (Å²) in [6.07, 6.45) is 2.20. The van der Waals surface area contributed by atoms with Crippen LogP contribution < -0.4 is 5.73 Å². The Balaban J connectivity index is 2.07. The number of nitrogens with zero attached hydrogens (tertiary/aromatic N) is 1. The Labute approximate surface area is 102 Å². The van der Waals surface area contributed by atoms with Crippen LogP contribution in [-0.4, -0.2) is 24.0 Å². The first kappa shape index (κ1) is 11.9. The molecule has 16 heavy (non-hydrogen) atoms. The molecule has 2 N–H and O–H groups in total. The van der Waals surface area contributed by atoms with Crippen LogP contribution in [-0.2, 0) is 0 Å². The van der Waals surface area contributed by atoms with Crippen molar-refractivity contribution in [2.24, 2.45) is 5.73 Å². The van der Waals surface area contributed by atoms with Crippen molar-refractivity contribution >= 4 is 11.6 Å². The van der Waals surface area contributed by atoms with Gasteiger partial charge < -0.3 is 5.73 Å². The molecule has 0 aromatic heterocycles. The summed E-state index contributed by atoms with van der Waals surface area (Å²) >= 11 is 6.21. The first-order chi connectivity index (χ1) is 7.59. The molecule has 1 atom stereocenters. The van der Waals surface area contributed by atoms with Gasteiger partial charge in [0.05, 0.1) is 0 Å². The van der Waals surface area contributed by atoms with Gasteiger partial charge in [-0.2, -0.15) is 0 Å². The molecule has 1 saturated carbocycles. The van der Waals surface area contributed by atoms with Crippen molar-refractivity contribution in [1.82, 2.24) is 4.90 Å². The fraction of sp³-hybridized carbons (Fsp3) is 0.538. The fourth-order valence-corrected chi connectivity index (χ4v) is 2.61. The van der Waals surface area contributed by atoms with Crippen molar-refractivity contribution < 1.29 is 0 Å². The lowest BCUT2D eigenvalue weighted by atomic mass is 9.85. The molecule has 1 aromatic carbocycles. The first-order valence-corrected chi connectivity index (χ1v) is 6.19. The molecule has 3 heteroatoms. The molecular weight excluding hydrogens is 220 g/mol. The van der Waals surface area contributed by atoms with E-state index in [0.717, 1.165) is 17.9 Å². The van der Waals surface area contributed by atoms with E-state index in [-0.39, 0.29) is 0 Å². The molecule has 88 valence electrons. The smallest absolute Gasteiger partial charge is 0.0453 e. The SMILES string of the molecule is CC(c1ccccc1Cl)N(C)C1CC(N)C1. The van der Waals surface area contributed by atoms with Crippen molar-refractivity contribution in [1.29, 1.82) is 0 Å². The third kappa shape index (κ3) is 2.24. The van der Waals surface area contributed by atoms with Gasteiger partial charge in [-0.15, -0.1) is 0 Å². The first-order valence-electron chi connectivity index (χ1n) is 5.81. The molecule has 1 aliphatic carbocycles. The summed E-state index contributed by atoms with van der Waals surface area (Å²) in [5.74, 6) is 0. The van der Waals surface area contributed by atoms with Crippen LogP contribution in [0.25, 0.3) is 0 Å². The van der Waals surface area contributed by atoms with Crippen LogP contribution >= 0.6 is 11.6 Å². The van der Waals surface area contributed by atoms with Crippen molar-refractivity contribution in [3.63, 3.8) is 0 Å². The van der Waals surface area contributed by atoms with Crippen LogP contribution in [0.15, 0.2) is 24.3 Å². The lowest BCUT2D eigenvalue weighted by Gasteiger charge is -2.42. The normalized spacial score (nSPS) is 26.6. The maximum absolute atomic E-state index is 6.21. The van der Waals surface area contributed by atoms with E-state index in [1.54, 1.807) is 0 Å². The van der Waals surface area contributed by atoms with E-state index in [0.29, 0.717) is 18.1 Å². The average molecular weight is 239 g/mol. The maximum atomic E-state index is 6.21. The predicted octanol–water partition coefficient (Wildman–Crippen LogP) is 2.82. The van der Waals surface area contributed by atoms with E-state index >= 15 is 0 Å². The highest BCUT2D eigenvalue weighted by atomic mass is 35.5. The summed E-state index contributed by atoms with van der Waals surface area (Å²) in [5, 5.41) is 0.852. The molecule has 1 unspecified atom stereocenters. The summed E-state index contributed by atoms with van der Waals surface area (Å²) in [7, 11) is 2.16. The minimum absolute atomic E-state index is 0.353. The van der Waals surface area contributed by atoms with Gasteiger partial charge in [0, 0.05) is 23.1 Å². The van der Waals surface area contributed by atoms with E-state index in [9.17, 15) is 0 Å². The maximum Gasteiger partial charge on any atom is 0.0453 e. The van der Waals surface area contributed by atoms with Gasteiger partial charge in [0.1, 0.15) is 0 Å². The van der Waals surface area contributed by atoms with Gasteiger partial charge in [0.15, 0.2) is 0 Å². The summed E-state index contributed by atoms with van der Waals surface area (Å²) in [4.78, 5) is 2.38. The van der Waals surface area contributed by atoms with Gasteiger partial charge in [-0.1, -0.05) is 29.8 Å². The summed E-state index contributed by atoms with van der Waals surface area (Å²) in [5.41, 5.74) is 7.02. The Morgan fingerprint density at radius 1 is 1.38 bits per heavy atom. The van der Waals surface area contributed by atoms with Crippen molar-refractivity contribution in [3.8, 4) is 0 Å². The number of rotatable bonds is 3. The van der Waals surface area contributed by atoms with Crippen LogP contribution in [0.1, 0.15) is 31.4 Å². The molecule has 0 radical (unpaired) electrons. The second-order valence-corrected chi connectivity index (χ2v) is 5.16. The number of benzene rings is 1. The van der Waals surface area contributed by atoms with Gasteiger partial charge in [0.25, 0.3) is 0 Å². The van der Waals surface area contributed by atoms with Crippen LogP contribution in [0.2, 0.25) is 5.02 Å². The molecule has 1 fully saturated rings. The van der Waals surface area contributed by atoms with Gasteiger partial charge in [-0.25, -0.2) is 0 Å². The molecular formula is C13H19ClN2. The number of halogens is 1. The topological polar surface area (TPSA) is 29.3 Å². The van der Waals surface area contributed by atoms with Gasteiger partial charge in [0.2, 0.25) is 0 Å². The van der Waals surface area contributed by atoms with E-state index in [1.165, 1.54) is 5.56 Å². The lowest BCUT2D eigenvalue weighted by Crippen LogP contribution is -2.49. The number of hydrogen-bond acceptors (Lipinski definition) is 2. The quantitative estimate of drug-likeness (QED) is 0.878. The highest BCUT2D eigenvalue weighted by Gasteiger charge is 2.32. The van der Waals surface area contributed by atoms with Crippen LogP contribution in [0.3, 0.4) is 0 Å². The summed E-state index contributed by atoms with van der Waals surface area (Å²) in [6.45, 7) is 2.20. The molecule has 0 heterocycles. The minimum Gasteiger partial charge on any atom is -0.328 e. The van der Waals surface area contributed by atoms with Crippen molar-refractivity contribution in [3.05, 3.63) is 34.9 Å².